The third-order valence-corrected chi connectivity index (χ3v) is 20.7. The van der Waals surface area contributed by atoms with E-state index in [1.807, 2.05) is 182 Å². The summed E-state index contributed by atoms with van der Waals surface area (Å²) in [6.07, 6.45) is -14.4. The van der Waals surface area contributed by atoms with Gasteiger partial charge in [0.1, 0.15) is 48.8 Å². The van der Waals surface area contributed by atoms with E-state index in [4.69, 9.17) is 80.0 Å². The molecule has 0 radical (unpaired) electrons. The lowest BCUT2D eigenvalue weighted by atomic mass is 9.71. The summed E-state index contributed by atoms with van der Waals surface area (Å²) in [5, 5.41) is 42.5. The summed E-state index contributed by atoms with van der Waals surface area (Å²) in [6, 6.07) is 70.3. The van der Waals surface area contributed by atoms with Crippen LogP contribution in [0.4, 0.5) is 17.6 Å². The summed E-state index contributed by atoms with van der Waals surface area (Å²) in [7, 11) is 3.79. The maximum Gasteiger partial charge on any atom is 0.225 e. The maximum absolute atomic E-state index is 16.2. The van der Waals surface area contributed by atoms with Crippen molar-refractivity contribution in [3.05, 3.63) is 343 Å². The third-order valence-electron chi connectivity index (χ3n) is 20.0. The Hall–Kier alpha value is -8.42. The summed E-state index contributed by atoms with van der Waals surface area (Å²) < 4.78 is 147. The Kier molecular flexibility index (Phi) is 24.2. The van der Waals surface area contributed by atoms with Gasteiger partial charge in [-0.15, -0.1) is 0 Å². The fraction of sp³-hybridized carbons (Fsp3) is 0.294. The molecule has 15 nitrogen and oxygen atoms in total. The summed E-state index contributed by atoms with van der Waals surface area (Å²) in [4.78, 5) is 0. The molecule has 13 rings (SSSR count). The lowest BCUT2D eigenvalue weighted by Gasteiger charge is -2.60. The molecule has 0 amide bonds. The number of rotatable bonds is 31. The summed E-state index contributed by atoms with van der Waals surface area (Å²) >= 11 is 14.2. The van der Waals surface area contributed by atoms with Crippen LogP contribution in [0.2, 0.25) is 10.0 Å². The Balaban J connectivity index is 1.03. The smallest absolute Gasteiger partial charge is 0.225 e. The van der Waals surface area contributed by atoms with Crippen LogP contribution >= 0.6 is 23.2 Å². The quantitative estimate of drug-likeness (QED) is 0.0350. The summed E-state index contributed by atoms with van der Waals surface area (Å²) in [5.41, 5.74) is -0.223. The Bertz CT molecular complexity index is 4550. The molecule has 3 heterocycles. The number of ether oxygens (including phenoxy) is 12. The SMILES string of the molecule is COc1ccc(Cc2cc([C@]34OC[C@@](C(O)C(O)C5(CO)O[C@@](OC)(c6ccc(Cl)c(Cc7ccc(OC)c(F)c7F)c6)[C@H](OCc6ccccc6)[C@@H](OCc6ccccc6)[C@H]5OCc5ccccc5)(O3)[C@H](OCc3ccccc3)[C@H](OCc3ccccc3)[C@H]4OCc3ccccc3)ccc2Cl)c(F)c1F. The largest absolute Gasteiger partial charge is 0.494 e. The van der Waals surface area contributed by atoms with Gasteiger partial charge in [-0.2, -0.15) is 8.78 Å². The van der Waals surface area contributed by atoms with Crippen molar-refractivity contribution < 1.29 is 89.7 Å². The average molecular weight is 1490 g/mol. The number of hydrogen-bond acceptors (Lipinski definition) is 15. The number of halogens is 6. The Morgan fingerprint density at radius 1 is 0.406 bits per heavy atom. The second kappa shape index (κ2) is 33.8. The van der Waals surface area contributed by atoms with Crippen LogP contribution in [0.5, 0.6) is 11.5 Å². The predicted octanol–water partition coefficient (Wildman–Crippen LogP) is 15.2. The van der Waals surface area contributed by atoms with Gasteiger partial charge in [-0.25, -0.2) is 8.78 Å². The van der Waals surface area contributed by atoms with Gasteiger partial charge < -0.3 is 72.2 Å². The number of aliphatic hydroxyl groups is 3. The Labute approximate surface area is 622 Å². The highest BCUT2D eigenvalue weighted by Gasteiger charge is 2.76. The van der Waals surface area contributed by atoms with Crippen molar-refractivity contribution in [1.82, 2.24) is 0 Å². The molecule has 21 heteroatoms. The van der Waals surface area contributed by atoms with Gasteiger partial charge in [-0.3, -0.25) is 0 Å². The van der Waals surface area contributed by atoms with Gasteiger partial charge in [-0.05, 0) is 92.0 Å². The maximum atomic E-state index is 16.2. The van der Waals surface area contributed by atoms with Gasteiger partial charge in [-0.1, -0.05) is 229 Å². The number of aliphatic hydroxyl groups excluding tert-OH is 3. The van der Waals surface area contributed by atoms with Crippen LogP contribution in [-0.2, 0) is 111 Å². The van der Waals surface area contributed by atoms with E-state index >= 15 is 17.6 Å². The van der Waals surface area contributed by atoms with Gasteiger partial charge in [0, 0.05) is 41.1 Å². The zero-order valence-electron chi connectivity index (χ0n) is 58.3. The Morgan fingerprint density at radius 2 is 0.774 bits per heavy atom. The molecule has 0 aromatic heterocycles. The highest BCUT2D eigenvalue weighted by molar-refractivity contribution is 6.31. The van der Waals surface area contributed by atoms with Crippen molar-refractivity contribution in [2.75, 3.05) is 34.5 Å². The molecule has 10 aromatic rings. The zero-order valence-corrected chi connectivity index (χ0v) is 59.8. The van der Waals surface area contributed by atoms with E-state index in [1.165, 1.54) is 51.7 Å². The highest BCUT2D eigenvalue weighted by atomic mass is 35.5. The fourth-order valence-corrected chi connectivity index (χ4v) is 14.8. The minimum atomic E-state index is -2.69. The molecule has 0 saturated carbocycles. The predicted molar refractivity (Wildman–Crippen MR) is 387 cm³/mol. The summed E-state index contributed by atoms with van der Waals surface area (Å²) in [5.74, 6) is -9.99. The Morgan fingerprint density at radius 3 is 1.18 bits per heavy atom. The van der Waals surface area contributed by atoms with E-state index in [0.29, 0.717) is 22.3 Å². The fourth-order valence-electron chi connectivity index (χ4n) is 14.4. The number of fused-ring (bicyclic) bond motifs is 2. The molecule has 0 aliphatic carbocycles. The second-order valence-electron chi connectivity index (χ2n) is 26.5. The lowest BCUT2D eigenvalue weighted by molar-refractivity contribution is -0.434. The minimum Gasteiger partial charge on any atom is -0.494 e. The summed E-state index contributed by atoms with van der Waals surface area (Å²) in [6.45, 7) is -2.65. The molecule has 3 fully saturated rings. The van der Waals surface area contributed by atoms with Crippen LogP contribution in [-0.4, -0.2) is 110 Å². The van der Waals surface area contributed by atoms with E-state index in [1.54, 1.807) is 30.3 Å². The van der Waals surface area contributed by atoms with Crippen LogP contribution < -0.4 is 9.47 Å². The van der Waals surface area contributed by atoms with Crippen LogP contribution in [0.3, 0.4) is 0 Å². The normalized spacial score (nSPS) is 24.0. The molecule has 0 spiro atoms. The number of methoxy groups -OCH3 is 3. The first-order valence-electron chi connectivity index (χ1n) is 34.7. The molecule has 12 atom stereocenters. The van der Waals surface area contributed by atoms with Gasteiger partial charge in [0.05, 0.1) is 67.1 Å². The standard InChI is InChI=1S/C85H80Cl2F4O15/c1-95-68-40-34-60(70(88)72(68)90)42-62-44-64(36-38-66(62)86)84(97-3)80(102-50-58-30-18-8-19-31-58)74(98-46-54-22-10-4-11-23-54)78(100-48-56-26-14-6-15-27-56)82(52-92,105-84)76(93)77(94)83-53-104-85(106-83,65-37-39-67(87)63(45-65)43-61-35-41-69(96-2)73(91)71(61)89)81(103-51-59-32-20-9-21-33-59)75(99-47-55-24-12-5-13-25-55)79(83)101-49-57-28-16-7-17-29-57/h4-41,44-45,74-81,92-94H,42-43,46-53H2,1-3H3/t74-,75-,76?,77?,78+,79+,80+,81+,82?,83-,84-,85-/m0/s1. The van der Waals surface area contributed by atoms with Crippen molar-refractivity contribution in [2.45, 2.75) is 124 Å². The minimum absolute atomic E-state index is 0.0666. The molecule has 106 heavy (non-hydrogen) atoms. The van der Waals surface area contributed by atoms with E-state index in [0.717, 1.165) is 11.1 Å². The molecule has 3 unspecified atom stereocenters. The van der Waals surface area contributed by atoms with Gasteiger partial charge in [0.25, 0.3) is 0 Å². The van der Waals surface area contributed by atoms with E-state index in [2.05, 4.69) is 0 Å². The van der Waals surface area contributed by atoms with Gasteiger partial charge in [0.15, 0.2) is 34.3 Å². The third kappa shape index (κ3) is 15.5. The zero-order chi connectivity index (χ0) is 74.0. The monoisotopic (exact) mass is 1490 g/mol. The molecule has 2 bridgehead atoms. The molecule has 10 aromatic carbocycles. The molecular weight excluding hydrogens is 1410 g/mol. The molecule has 3 aliphatic heterocycles. The lowest BCUT2D eigenvalue weighted by Crippen LogP contribution is -2.79. The molecular formula is C85H80Cl2F4O15. The molecule has 3 N–H and O–H groups in total. The number of benzene rings is 10. The molecule has 3 aliphatic rings. The van der Waals surface area contributed by atoms with Crippen molar-refractivity contribution in [1.29, 1.82) is 0 Å². The van der Waals surface area contributed by atoms with E-state index in [9.17, 15) is 15.3 Å². The van der Waals surface area contributed by atoms with Crippen LogP contribution in [0.15, 0.2) is 243 Å². The van der Waals surface area contributed by atoms with Crippen molar-refractivity contribution in [3.8, 4) is 11.5 Å². The van der Waals surface area contributed by atoms with Crippen molar-refractivity contribution in [3.63, 3.8) is 0 Å². The van der Waals surface area contributed by atoms with Crippen LogP contribution in [0.1, 0.15) is 66.8 Å². The number of hydrogen-bond donors (Lipinski definition) is 3. The van der Waals surface area contributed by atoms with Gasteiger partial charge in [0.2, 0.25) is 23.2 Å². The molecule has 3 saturated heterocycles. The average Bonchev–Trinajstić information content (AvgIpc) is 1.37. The second-order valence-corrected chi connectivity index (χ2v) is 27.3. The van der Waals surface area contributed by atoms with E-state index in [-0.39, 0.29) is 107 Å². The van der Waals surface area contributed by atoms with Crippen LogP contribution in [0, 0.1) is 23.3 Å². The van der Waals surface area contributed by atoms with Crippen molar-refractivity contribution >= 4 is 23.2 Å². The highest BCUT2D eigenvalue weighted by Crippen LogP contribution is 2.58. The van der Waals surface area contributed by atoms with Crippen LogP contribution in [0.25, 0.3) is 0 Å². The van der Waals surface area contributed by atoms with Gasteiger partial charge >= 0.3 is 0 Å². The van der Waals surface area contributed by atoms with E-state index < -0.39 is 108 Å². The van der Waals surface area contributed by atoms with Crippen molar-refractivity contribution in [2.24, 2.45) is 0 Å². The first-order valence-corrected chi connectivity index (χ1v) is 35.4. The molecule has 552 valence electrons. The first-order chi connectivity index (χ1) is 51.6. The first kappa shape index (κ1) is 75.8. The topological polar surface area (TPSA) is 171 Å².